The average Bonchev–Trinajstić information content (AvgIpc) is 2.54. The molecule has 0 bridgehead atoms. The average molecular weight is 293 g/mol. The summed E-state index contributed by atoms with van der Waals surface area (Å²) in [7, 11) is 1.71. The Hall–Kier alpha value is -0.900. The molecule has 1 N–H and O–H groups in total. The Labute approximate surface area is 130 Å². The summed E-state index contributed by atoms with van der Waals surface area (Å²) in [6.45, 7) is 8.67. The van der Waals surface area contributed by atoms with Crippen LogP contribution >= 0.6 is 0 Å². The predicted octanol–water partition coefficient (Wildman–Crippen LogP) is 3.39. The molecule has 0 saturated carbocycles. The van der Waals surface area contributed by atoms with E-state index in [4.69, 9.17) is 9.47 Å². The number of rotatable bonds is 12. The first kappa shape index (κ1) is 18.1. The lowest BCUT2D eigenvalue weighted by atomic mass is 9.75. The normalized spacial score (nSPS) is 14.0. The number of hydrogen-bond donors (Lipinski definition) is 1. The topological polar surface area (TPSA) is 30.5 Å². The lowest BCUT2D eigenvalue weighted by Gasteiger charge is -2.34. The Morgan fingerprint density at radius 3 is 2.43 bits per heavy atom. The largest absolute Gasteiger partial charge is 0.382 e. The first-order valence-electron chi connectivity index (χ1n) is 8.12. The van der Waals surface area contributed by atoms with Crippen LogP contribution in [0.25, 0.3) is 0 Å². The zero-order valence-electron chi connectivity index (χ0n) is 13.9. The summed E-state index contributed by atoms with van der Waals surface area (Å²) in [6, 6.07) is 10.8. The van der Waals surface area contributed by atoms with Gasteiger partial charge in [-0.25, -0.2) is 0 Å². The molecule has 0 aliphatic carbocycles. The van der Waals surface area contributed by atoms with Gasteiger partial charge >= 0.3 is 0 Å². The second-order valence-electron chi connectivity index (χ2n) is 5.53. The Morgan fingerprint density at radius 2 is 1.81 bits per heavy atom. The Bertz CT molecular complexity index is 355. The van der Waals surface area contributed by atoms with Crippen LogP contribution in [0.3, 0.4) is 0 Å². The van der Waals surface area contributed by atoms with E-state index in [9.17, 15) is 0 Å². The number of nitrogens with one attached hydrogen (secondary N) is 1. The van der Waals surface area contributed by atoms with E-state index < -0.39 is 0 Å². The van der Waals surface area contributed by atoms with Gasteiger partial charge in [0.1, 0.15) is 0 Å². The molecular weight excluding hydrogens is 262 g/mol. The maximum Gasteiger partial charge on any atom is 0.0700 e. The number of methoxy groups -OCH3 is 1. The predicted molar refractivity (Wildman–Crippen MR) is 88.9 cm³/mol. The Morgan fingerprint density at radius 1 is 1.05 bits per heavy atom. The molecule has 1 aromatic carbocycles. The molecule has 0 radical (unpaired) electrons. The van der Waals surface area contributed by atoms with Gasteiger partial charge in [0, 0.05) is 25.7 Å². The molecule has 1 unspecified atom stereocenters. The minimum atomic E-state index is 0.156. The quantitative estimate of drug-likeness (QED) is 0.599. The Kier molecular flexibility index (Phi) is 9.31. The maximum atomic E-state index is 5.71. The summed E-state index contributed by atoms with van der Waals surface area (Å²) >= 11 is 0. The van der Waals surface area contributed by atoms with Gasteiger partial charge in [0.25, 0.3) is 0 Å². The van der Waals surface area contributed by atoms with Crippen molar-refractivity contribution in [3.63, 3.8) is 0 Å². The van der Waals surface area contributed by atoms with E-state index in [0.717, 1.165) is 32.5 Å². The van der Waals surface area contributed by atoms with Crippen molar-refractivity contribution in [2.75, 3.05) is 40.0 Å². The van der Waals surface area contributed by atoms with Gasteiger partial charge in [-0.2, -0.15) is 0 Å². The van der Waals surface area contributed by atoms with E-state index in [1.807, 2.05) is 0 Å². The highest BCUT2D eigenvalue weighted by atomic mass is 16.5. The molecule has 0 amide bonds. The van der Waals surface area contributed by atoms with E-state index in [1.165, 1.54) is 12.0 Å². The minimum Gasteiger partial charge on any atom is -0.382 e. The maximum absolute atomic E-state index is 5.71. The van der Waals surface area contributed by atoms with Crippen LogP contribution in [-0.4, -0.2) is 40.0 Å². The molecule has 0 heterocycles. The molecule has 0 spiro atoms. The SMILES string of the molecule is CCCNCC(CC)(CCOCCOC)c1ccccc1. The van der Waals surface area contributed by atoms with Gasteiger partial charge in [0.15, 0.2) is 0 Å². The van der Waals surface area contributed by atoms with Gasteiger partial charge in [-0.05, 0) is 31.4 Å². The van der Waals surface area contributed by atoms with E-state index in [1.54, 1.807) is 7.11 Å². The summed E-state index contributed by atoms with van der Waals surface area (Å²) in [6.07, 6.45) is 3.31. The van der Waals surface area contributed by atoms with Crippen LogP contribution < -0.4 is 5.32 Å². The van der Waals surface area contributed by atoms with Gasteiger partial charge < -0.3 is 14.8 Å². The molecule has 3 nitrogen and oxygen atoms in total. The molecule has 0 aliphatic heterocycles. The van der Waals surface area contributed by atoms with Gasteiger partial charge in [0.05, 0.1) is 13.2 Å². The summed E-state index contributed by atoms with van der Waals surface area (Å²) < 4.78 is 10.7. The van der Waals surface area contributed by atoms with Crippen LogP contribution in [0.2, 0.25) is 0 Å². The second-order valence-corrected chi connectivity index (χ2v) is 5.53. The van der Waals surface area contributed by atoms with Gasteiger partial charge in [-0.1, -0.05) is 44.2 Å². The van der Waals surface area contributed by atoms with Gasteiger partial charge in [0.2, 0.25) is 0 Å². The number of hydrogen-bond acceptors (Lipinski definition) is 3. The third-order valence-corrected chi connectivity index (χ3v) is 4.11. The molecule has 3 heteroatoms. The summed E-state index contributed by atoms with van der Waals surface area (Å²) in [5.41, 5.74) is 1.56. The minimum absolute atomic E-state index is 0.156. The fourth-order valence-electron chi connectivity index (χ4n) is 2.65. The third kappa shape index (κ3) is 6.16. The van der Waals surface area contributed by atoms with E-state index >= 15 is 0 Å². The molecule has 21 heavy (non-hydrogen) atoms. The lowest BCUT2D eigenvalue weighted by Crippen LogP contribution is -2.39. The fraction of sp³-hybridized carbons (Fsp3) is 0.667. The van der Waals surface area contributed by atoms with Crippen molar-refractivity contribution in [3.8, 4) is 0 Å². The van der Waals surface area contributed by atoms with Crippen molar-refractivity contribution in [3.05, 3.63) is 35.9 Å². The zero-order chi connectivity index (χ0) is 15.4. The van der Waals surface area contributed by atoms with Crippen LogP contribution in [0, 0.1) is 0 Å². The van der Waals surface area contributed by atoms with E-state index in [2.05, 4.69) is 49.5 Å². The lowest BCUT2D eigenvalue weighted by molar-refractivity contribution is 0.0598. The summed E-state index contributed by atoms with van der Waals surface area (Å²) in [5.74, 6) is 0. The first-order chi connectivity index (χ1) is 10.3. The van der Waals surface area contributed by atoms with E-state index in [0.29, 0.717) is 13.2 Å². The second kappa shape index (κ2) is 10.8. The highest BCUT2D eigenvalue weighted by molar-refractivity contribution is 5.26. The van der Waals surface area contributed by atoms with Crippen LogP contribution in [-0.2, 0) is 14.9 Å². The number of benzene rings is 1. The standard InChI is InChI=1S/C18H31NO2/c1-4-12-19-16-18(5-2,11-13-21-15-14-20-3)17-9-7-6-8-10-17/h6-10,19H,4-5,11-16H2,1-3H3. The Balaban J connectivity index is 2.67. The molecule has 1 aromatic rings. The molecule has 0 aliphatic rings. The van der Waals surface area contributed by atoms with Gasteiger partial charge in [-0.15, -0.1) is 0 Å². The van der Waals surface area contributed by atoms with Crippen molar-refractivity contribution in [2.24, 2.45) is 0 Å². The fourth-order valence-corrected chi connectivity index (χ4v) is 2.65. The van der Waals surface area contributed by atoms with Crippen molar-refractivity contribution in [2.45, 2.75) is 38.5 Å². The molecule has 1 rings (SSSR count). The molecule has 1 atom stereocenters. The van der Waals surface area contributed by atoms with Crippen molar-refractivity contribution < 1.29 is 9.47 Å². The van der Waals surface area contributed by atoms with Crippen molar-refractivity contribution in [1.82, 2.24) is 5.32 Å². The van der Waals surface area contributed by atoms with Crippen LogP contribution in [0.4, 0.5) is 0 Å². The number of ether oxygens (including phenoxy) is 2. The summed E-state index contributed by atoms with van der Waals surface area (Å²) in [5, 5.41) is 3.60. The highest BCUT2D eigenvalue weighted by Gasteiger charge is 2.29. The molecule has 0 fully saturated rings. The first-order valence-corrected chi connectivity index (χ1v) is 8.12. The van der Waals surface area contributed by atoms with Crippen LogP contribution in [0.15, 0.2) is 30.3 Å². The smallest absolute Gasteiger partial charge is 0.0700 e. The molecule has 0 saturated heterocycles. The van der Waals surface area contributed by atoms with Crippen LogP contribution in [0.1, 0.15) is 38.7 Å². The molecule has 0 aromatic heterocycles. The molecular formula is C18H31NO2. The van der Waals surface area contributed by atoms with Crippen LogP contribution in [0.5, 0.6) is 0 Å². The zero-order valence-corrected chi connectivity index (χ0v) is 13.9. The highest BCUT2D eigenvalue weighted by Crippen LogP contribution is 2.31. The summed E-state index contributed by atoms with van der Waals surface area (Å²) in [4.78, 5) is 0. The molecule has 120 valence electrons. The van der Waals surface area contributed by atoms with Gasteiger partial charge in [-0.3, -0.25) is 0 Å². The van der Waals surface area contributed by atoms with E-state index in [-0.39, 0.29) is 5.41 Å². The monoisotopic (exact) mass is 293 g/mol. The third-order valence-electron chi connectivity index (χ3n) is 4.11. The van der Waals surface area contributed by atoms with Crippen molar-refractivity contribution in [1.29, 1.82) is 0 Å². The van der Waals surface area contributed by atoms with Crippen molar-refractivity contribution >= 4 is 0 Å².